The summed E-state index contributed by atoms with van der Waals surface area (Å²) >= 11 is 3.34. The van der Waals surface area contributed by atoms with E-state index in [4.69, 9.17) is 4.74 Å². The number of halogens is 1. The maximum absolute atomic E-state index is 12.1. The molecule has 0 bridgehead atoms. The lowest BCUT2D eigenvalue weighted by atomic mass is 10.00. The zero-order chi connectivity index (χ0) is 16.3. The fourth-order valence-electron chi connectivity index (χ4n) is 2.74. The SMILES string of the molecule is Cc1cc(C[C@H](C)OC(=O)N2CCC(C)CC2)cc(Br)c1O. The van der Waals surface area contributed by atoms with Crippen LogP contribution in [0.3, 0.4) is 0 Å². The number of hydrogen-bond donors (Lipinski definition) is 1. The number of hydrogen-bond acceptors (Lipinski definition) is 3. The number of phenols is 1. The van der Waals surface area contributed by atoms with Gasteiger partial charge >= 0.3 is 6.09 Å². The first-order valence-electron chi connectivity index (χ1n) is 7.80. The minimum atomic E-state index is -0.214. The third-order valence-corrected chi connectivity index (χ3v) is 4.79. The quantitative estimate of drug-likeness (QED) is 0.865. The number of benzene rings is 1. The van der Waals surface area contributed by atoms with Crippen LogP contribution in [-0.4, -0.2) is 35.3 Å². The molecule has 1 aliphatic rings. The highest BCUT2D eigenvalue weighted by Gasteiger charge is 2.23. The van der Waals surface area contributed by atoms with Crippen LogP contribution in [0.25, 0.3) is 0 Å². The monoisotopic (exact) mass is 369 g/mol. The van der Waals surface area contributed by atoms with Crippen molar-refractivity contribution in [2.24, 2.45) is 5.92 Å². The highest BCUT2D eigenvalue weighted by atomic mass is 79.9. The number of ether oxygens (including phenoxy) is 1. The lowest BCUT2D eigenvalue weighted by molar-refractivity contribution is 0.0604. The van der Waals surface area contributed by atoms with E-state index in [1.807, 2.05) is 26.0 Å². The largest absolute Gasteiger partial charge is 0.506 e. The number of carbonyl (C=O) groups is 1. The molecular formula is C17H24BrNO3. The van der Waals surface area contributed by atoms with Gasteiger partial charge in [-0.05, 0) is 65.7 Å². The lowest BCUT2D eigenvalue weighted by Crippen LogP contribution is -2.39. The maximum atomic E-state index is 12.1. The van der Waals surface area contributed by atoms with Crippen molar-refractivity contribution in [2.45, 2.75) is 46.1 Å². The van der Waals surface area contributed by atoms with Crippen molar-refractivity contribution in [1.29, 1.82) is 0 Å². The molecule has 1 atom stereocenters. The standard InChI is InChI=1S/C17H24BrNO3/c1-11-4-6-19(7-5-11)17(21)22-13(3)9-14-8-12(2)16(20)15(18)10-14/h8,10-11,13,20H,4-7,9H2,1-3H3/t13-/m0/s1. The van der Waals surface area contributed by atoms with Crippen molar-refractivity contribution < 1.29 is 14.6 Å². The van der Waals surface area contributed by atoms with Gasteiger partial charge in [-0.15, -0.1) is 0 Å². The molecule has 0 saturated carbocycles. The summed E-state index contributed by atoms with van der Waals surface area (Å²) in [6, 6.07) is 3.79. The number of nitrogens with zero attached hydrogens (tertiary/aromatic N) is 1. The normalized spacial score (nSPS) is 17.4. The number of aryl methyl sites for hydroxylation is 1. The highest BCUT2D eigenvalue weighted by molar-refractivity contribution is 9.10. The van der Waals surface area contributed by atoms with Crippen LogP contribution in [0, 0.1) is 12.8 Å². The average Bonchev–Trinajstić information content (AvgIpc) is 2.45. The number of amides is 1. The van der Waals surface area contributed by atoms with Crippen molar-refractivity contribution in [3.8, 4) is 5.75 Å². The van der Waals surface area contributed by atoms with E-state index in [2.05, 4.69) is 22.9 Å². The van der Waals surface area contributed by atoms with Gasteiger partial charge in [0, 0.05) is 19.5 Å². The van der Waals surface area contributed by atoms with E-state index in [0.717, 1.165) is 37.1 Å². The highest BCUT2D eigenvalue weighted by Crippen LogP contribution is 2.29. The molecule has 5 heteroatoms. The topological polar surface area (TPSA) is 49.8 Å². The second-order valence-electron chi connectivity index (χ2n) is 6.31. The van der Waals surface area contributed by atoms with Crippen LogP contribution in [0.5, 0.6) is 5.75 Å². The molecule has 1 amide bonds. The molecule has 122 valence electrons. The van der Waals surface area contributed by atoms with Gasteiger partial charge in [-0.25, -0.2) is 4.79 Å². The summed E-state index contributed by atoms with van der Waals surface area (Å²) in [6.07, 6.45) is 2.33. The second kappa shape index (κ2) is 7.36. The van der Waals surface area contributed by atoms with E-state index < -0.39 is 0 Å². The molecule has 4 nitrogen and oxygen atoms in total. The Morgan fingerprint density at radius 1 is 1.45 bits per heavy atom. The smallest absolute Gasteiger partial charge is 0.410 e. The van der Waals surface area contributed by atoms with Crippen LogP contribution < -0.4 is 0 Å². The molecule has 1 aromatic carbocycles. The Morgan fingerprint density at radius 3 is 2.68 bits per heavy atom. The number of phenolic OH excluding ortho intramolecular Hbond substituents is 1. The second-order valence-corrected chi connectivity index (χ2v) is 7.17. The molecule has 2 rings (SSSR count). The number of carbonyl (C=O) groups excluding carboxylic acids is 1. The van der Waals surface area contributed by atoms with Gasteiger partial charge < -0.3 is 14.7 Å². The van der Waals surface area contributed by atoms with Crippen LogP contribution in [0.1, 0.15) is 37.8 Å². The molecule has 1 aliphatic heterocycles. The van der Waals surface area contributed by atoms with Gasteiger partial charge in [0.05, 0.1) is 4.47 Å². The molecule has 0 unspecified atom stereocenters. The predicted molar refractivity (Wildman–Crippen MR) is 90.2 cm³/mol. The van der Waals surface area contributed by atoms with Crippen molar-refractivity contribution in [2.75, 3.05) is 13.1 Å². The molecule has 0 radical (unpaired) electrons. The Hall–Kier alpha value is -1.23. The summed E-state index contributed by atoms with van der Waals surface area (Å²) in [7, 11) is 0. The number of rotatable bonds is 3. The van der Waals surface area contributed by atoms with Crippen molar-refractivity contribution in [1.82, 2.24) is 4.90 Å². The lowest BCUT2D eigenvalue weighted by Gasteiger charge is -2.30. The van der Waals surface area contributed by atoms with E-state index in [-0.39, 0.29) is 17.9 Å². The molecule has 1 aromatic rings. The van der Waals surface area contributed by atoms with Gasteiger partial charge in [-0.2, -0.15) is 0 Å². The van der Waals surface area contributed by atoms with Gasteiger partial charge in [0.1, 0.15) is 11.9 Å². The molecule has 0 spiro atoms. The summed E-state index contributed by atoms with van der Waals surface area (Å²) in [5.41, 5.74) is 1.85. The van der Waals surface area contributed by atoms with Crippen molar-refractivity contribution in [3.63, 3.8) is 0 Å². The predicted octanol–water partition coefficient (Wildman–Crippen LogP) is 4.26. The fraction of sp³-hybridized carbons (Fsp3) is 0.588. The first kappa shape index (κ1) is 17.1. The van der Waals surface area contributed by atoms with Crippen molar-refractivity contribution in [3.05, 3.63) is 27.7 Å². The van der Waals surface area contributed by atoms with Crippen LogP contribution >= 0.6 is 15.9 Å². The van der Waals surface area contributed by atoms with E-state index in [1.165, 1.54) is 0 Å². The van der Waals surface area contributed by atoms with E-state index in [0.29, 0.717) is 16.8 Å². The Bertz CT molecular complexity index is 516. The molecule has 0 aliphatic carbocycles. The summed E-state index contributed by atoms with van der Waals surface area (Å²) in [6.45, 7) is 7.55. The zero-order valence-electron chi connectivity index (χ0n) is 13.4. The minimum absolute atomic E-state index is 0.192. The molecule has 1 N–H and O–H groups in total. The molecule has 1 saturated heterocycles. The molecule has 0 aromatic heterocycles. The van der Waals surface area contributed by atoms with Gasteiger partial charge in [0.25, 0.3) is 0 Å². The first-order chi connectivity index (χ1) is 10.4. The summed E-state index contributed by atoms with van der Waals surface area (Å²) in [5, 5.41) is 9.76. The van der Waals surface area contributed by atoms with E-state index in [1.54, 1.807) is 4.90 Å². The van der Waals surface area contributed by atoms with E-state index >= 15 is 0 Å². The Kier molecular flexibility index (Phi) is 5.73. The molecule has 22 heavy (non-hydrogen) atoms. The summed E-state index contributed by atoms with van der Waals surface area (Å²) in [4.78, 5) is 13.9. The summed E-state index contributed by atoms with van der Waals surface area (Å²) < 4.78 is 6.22. The third kappa shape index (κ3) is 4.38. The average molecular weight is 370 g/mol. The fourth-order valence-corrected chi connectivity index (χ4v) is 3.34. The Labute approximate surface area is 140 Å². The number of aromatic hydroxyl groups is 1. The van der Waals surface area contributed by atoms with Gasteiger partial charge in [0.2, 0.25) is 0 Å². The van der Waals surface area contributed by atoms with Gasteiger partial charge in [0.15, 0.2) is 0 Å². The van der Waals surface area contributed by atoms with Crippen LogP contribution in [0.2, 0.25) is 0 Å². The Morgan fingerprint density at radius 2 is 2.09 bits per heavy atom. The number of likely N-dealkylation sites (tertiary alicyclic amines) is 1. The third-order valence-electron chi connectivity index (χ3n) is 4.18. The molecular weight excluding hydrogens is 346 g/mol. The van der Waals surface area contributed by atoms with Crippen molar-refractivity contribution >= 4 is 22.0 Å². The zero-order valence-corrected chi connectivity index (χ0v) is 15.0. The molecule has 1 heterocycles. The number of piperidine rings is 1. The molecule has 1 fully saturated rings. The van der Waals surface area contributed by atoms with Gasteiger partial charge in [-0.3, -0.25) is 0 Å². The van der Waals surface area contributed by atoms with Gasteiger partial charge in [-0.1, -0.05) is 13.0 Å². The Balaban J connectivity index is 1.90. The maximum Gasteiger partial charge on any atom is 0.410 e. The van der Waals surface area contributed by atoms with Crippen LogP contribution in [0.4, 0.5) is 4.79 Å². The first-order valence-corrected chi connectivity index (χ1v) is 8.59. The minimum Gasteiger partial charge on any atom is -0.506 e. The van der Waals surface area contributed by atoms with Crippen LogP contribution in [0.15, 0.2) is 16.6 Å². The summed E-state index contributed by atoms with van der Waals surface area (Å²) in [5.74, 6) is 0.953. The van der Waals surface area contributed by atoms with Crippen LogP contribution in [-0.2, 0) is 11.2 Å². The van der Waals surface area contributed by atoms with E-state index in [9.17, 15) is 9.90 Å².